The summed E-state index contributed by atoms with van der Waals surface area (Å²) in [4.78, 5) is 43.3. The summed E-state index contributed by atoms with van der Waals surface area (Å²) in [5.41, 5.74) is 0.819. The standard InChI is InChI=1S/2C25H30FN3O3/c2*26-22-16-19(4-7-23(22)32-21-8-12-27-13-9-21)28-14-1-10-25(17-28)11-15-29(24(25)31)18-2-5-20(30)6-3-18/h2*4,7-9,12-13,16,18,20,30H,1-3,5-6,10-11,14-15,17H2/t2*18?,20?,25-/m00/s1. The van der Waals surface area contributed by atoms with Crippen LogP contribution in [0.5, 0.6) is 23.0 Å². The Labute approximate surface area is 374 Å². The fourth-order valence-corrected chi connectivity index (χ4v) is 11.2. The van der Waals surface area contributed by atoms with Gasteiger partial charge >= 0.3 is 0 Å². The molecule has 4 aromatic rings. The van der Waals surface area contributed by atoms with E-state index in [1.807, 2.05) is 12.1 Å². The average molecular weight is 879 g/mol. The maximum Gasteiger partial charge on any atom is 0.230 e. The van der Waals surface area contributed by atoms with Gasteiger partial charge in [0.1, 0.15) is 11.5 Å². The first kappa shape index (κ1) is 43.9. The van der Waals surface area contributed by atoms with E-state index in [0.717, 1.165) is 127 Å². The van der Waals surface area contributed by atoms with Gasteiger partial charge in [-0.15, -0.1) is 0 Å². The van der Waals surface area contributed by atoms with Crippen LogP contribution >= 0.6 is 0 Å². The maximum atomic E-state index is 14.8. The number of aromatic nitrogens is 2. The van der Waals surface area contributed by atoms with Crippen LogP contribution in [-0.4, -0.2) is 105 Å². The van der Waals surface area contributed by atoms with Crippen molar-refractivity contribution >= 4 is 23.2 Å². The Morgan fingerprint density at radius 1 is 0.531 bits per heavy atom. The van der Waals surface area contributed by atoms with Gasteiger partial charge in [-0.1, -0.05) is 0 Å². The number of anilines is 2. The van der Waals surface area contributed by atoms with Gasteiger partial charge in [0, 0.05) is 99.6 Å². The first-order valence-corrected chi connectivity index (χ1v) is 23.3. The van der Waals surface area contributed by atoms with Crippen LogP contribution in [0.2, 0.25) is 0 Å². The zero-order valence-corrected chi connectivity index (χ0v) is 36.5. The van der Waals surface area contributed by atoms with E-state index >= 15 is 0 Å². The molecule has 2 N–H and O–H groups in total. The second-order valence-corrected chi connectivity index (χ2v) is 18.8. The average Bonchev–Trinajstić information content (AvgIpc) is 3.79. The summed E-state index contributed by atoms with van der Waals surface area (Å²) in [6.07, 6.45) is 18.0. The number of hydrogen-bond acceptors (Lipinski definition) is 10. The highest BCUT2D eigenvalue weighted by Gasteiger charge is 2.52. The highest BCUT2D eigenvalue weighted by Crippen LogP contribution is 2.46. The Bertz CT molecular complexity index is 2090. The van der Waals surface area contributed by atoms with Crippen molar-refractivity contribution in [1.29, 1.82) is 0 Å². The number of aliphatic hydroxyl groups is 2. The molecule has 6 aliphatic rings. The lowest BCUT2D eigenvalue weighted by atomic mass is 9.78. The van der Waals surface area contributed by atoms with Gasteiger partial charge in [-0.2, -0.15) is 0 Å². The minimum absolute atomic E-state index is 0.175. The number of ether oxygens (including phenoxy) is 2. The van der Waals surface area contributed by atoms with Crippen molar-refractivity contribution in [3.63, 3.8) is 0 Å². The molecule has 0 radical (unpaired) electrons. The molecule has 14 heteroatoms. The van der Waals surface area contributed by atoms with Crippen molar-refractivity contribution in [2.75, 3.05) is 49.1 Å². The van der Waals surface area contributed by atoms with Gasteiger partial charge < -0.3 is 39.3 Å². The van der Waals surface area contributed by atoms with Crippen molar-refractivity contribution in [2.45, 2.75) is 114 Å². The van der Waals surface area contributed by atoms with E-state index in [9.17, 15) is 28.6 Å². The molecule has 2 aromatic heterocycles. The van der Waals surface area contributed by atoms with E-state index in [4.69, 9.17) is 9.47 Å². The van der Waals surface area contributed by atoms with Crippen LogP contribution in [0.3, 0.4) is 0 Å². The van der Waals surface area contributed by atoms with Crippen molar-refractivity contribution in [3.8, 4) is 23.0 Å². The van der Waals surface area contributed by atoms with E-state index < -0.39 is 11.6 Å². The number of hydrogen-bond donors (Lipinski definition) is 2. The summed E-state index contributed by atoms with van der Waals surface area (Å²) in [5, 5.41) is 19.6. The Morgan fingerprint density at radius 3 is 1.30 bits per heavy atom. The fourth-order valence-electron chi connectivity index (χ4n) is 11.2. The number of carbonyl (C=O) groups is 2. The molecule has 10 rings (SSSR count). The lowest BCUT2D eigenvalue weighted by Gasteiger charge is -2.41. The summed E-state index contributed by atoms with van der Waals surface area (Å²) in [6, 6.07) is 17.3. The monoisotopic (exact) mass is 878 g/mol. The van der Waals surface area contributed by atoms with Gasteiger partial charge in [0.25, 0.3) is 0 Å². The lowest BCUT2D eigenvalue weighted by molar-refractivity contribution is -0.140. The van der Waals surface area contributed by atoms with Crippen LogP contribution in [0.1, 0.15) is 89.9 Å². The molecule has 64 heavy (non-hydrogen) atoms. The van der Waals surface area contributed by atoms with Crippen LogP contribution < -0.4 is 19.3 Å². The van der Waals surface area contributed by atoms with E-state index in [1.165, 1.54) is 12.1 Å². The molecular weight excluding hydrogens is 819 g/mol. The molecular formula is C50H60F2N6O6. The molecule has 0 bridgehead atoms. The van der Waals surface area contributed by atoms with E-state index in [-0.39, 0.29) is 58.4 Å². The number of aliphatic hydroxyl groups excluding tert-OH is 2. The lowest BCUT2D eigenvalue weighted by Crippen LogP contribution is -2.50. The summed E-state index contributed by atoms with van der Waals surface area (Å²) in [6.45, 7) is 4.47. The van der Waals surface area contributed by atoms with Crippen LogP contribution in [0, 0.1) is 22.5 Å². The Hall–Kier alpha value is -5.34. The first-order chi connectivity index (χ1) is 31.1. The van der Waals surface area contributed by atoms with Gasteiger partial charge in [-0.25, -0.2) is 8.78 Å². The summed E-state index contributed by atoms with van der Waals surface area (Å²) >= 11 is 0. The summed E-state index contributed by atoms with van der Waals surface area (Å²) < 4.78 is 40.9. The van der Waals surface area contributed by atoms with Crippen LogP contribution in [0.25, 0.3) is 0 Å². The maximum absolute atomic E-state index is 14.8. The number of rotatable bonds is 8. The van der Waals surface area contributed by atoms with Gasteiger partial charge in [-0.05, 0) is 138 Å². The molecule has 6 fully saturated rings. The molecule has 2 aliphatic carbocycles. The molecule has 2 spiro atoms. The summed E-state index contributed by atoms with van der Waals surface area (Å²) in [5.74, 6) is 1.09. The molecule has 6 heterocycles. The number of benzene rings is 2. The van der Waals surface area contributed by atoms with Crippen molar-refractivity contribution in [3.05, 3.63) is 97.1 Å². The van der Waals surface area contributed by atoms with Crippen molar-refractivity contribution in [1.82, 2.24) is 19.8 Å². The van der Waals surface area contributed by atoms with Gasteiger partial charge in [0.05, 0.1) is 23.0 Å². The smallest absolute Gasteiger partial charge is 0.230 e. The predicted molar refractivity (Wildman–Crippen MR) is 238 cm³/mol. The molecule has 2 aromatic carbocycles. The third kappa shape index (κ3) is 9.40. The highest BCUT2D eigenvalue weighted by atomic mass is 19.1. The molecule has 2 saturated carbocycles. The quantitative estimate of drug-likeness (QED) is 0.178. The van der Waals surface area contributed by atoms with Gasteiger partial charge in [-0.3, -0.25) is 19.6 Å². The fraction of sp³-hybridized carbons (Fsp3) is 0.520. The molecule has 4 saturated heterocycles. The number of amides is 2. The number of nitrogens with zero attached hydrogens (tertiary/aromatic N) is 6. The van der Waals surface area contributed by atoms with Crippen molar-refractivity contribution in [2.24, 2.45) is 10.8 Å². The number of piperidine rings is 2. The molecule has 12 nitrogen and oxygen atoms in total. The van der Waals surface area contributed by atoms with Crippen molar-refractivity contribution < 1.29 is 38.1 Å². The zero-order valence-electron chi connectivity index (χ0n) is 36.5. The molecule has 4 aliphatic heterocycles. The third-order valence-electron chi connectivity index (χ3n) is 14.8. The zero-order chi connectivity index (χ0) is 44.3. The normalized spacial score (nSPS) is 28.4. The number of halogens is 2. The Kier molecular flexibility index (Phi) is 13.0. The largest absolute Gasteiger partial charge is 0.454 e. The van der Waals surface area contributed by atoms with Gasteiger partial charge in [0.2, 0.25) is 11.8 Å². The topological polar surface area (TPSA) is 132 Å². The Morgan fingerprint density at radius 2 is 0.922 bits per heavy atom. The molecule has 340 valence electrons. The molecule has 0 unspecified atom stereocenters. The highest BCUT2D eigenvalue weighted by molar-refractivity contribution is 5.87. The van der Waals surface area contributed by atoms with Crippen LogP contribution in [0.4, 0.5) is 20.2 Å². The third-order valence-corrected chi connectivity index (χ3v) is 14.8. The minimum Gasteiger partial charge on any atom is -0.454 e. The second kappa shape index (κ2) is 19.0. The molecule has 2 amide bonds. The van der Waals surface area contributed by atoms with E-state index in [0.29, 0.717) is 24.6 Å². The van der Waals surface area contributed by atoms with E-state index in [1.54, 1.807) is 61.2 Å². The van der Waals surface area contributed by atoms with Gasteiger partial charge in [0.15, 0.2) is 23.1 Å². The Balaban J connectivity index is 0.000000162. The first-order valence-electron chi connectivity index (χ1n) is 23.3. The number of pyridine rings is 2. The summed E-state index contributed by atoms with van der Waals surface area (Å²) in [7, 11) is 0. The SMILES string of the molecule is O=C1N(C2CCC(O)CC2)CC[C@]12CCCN(c1ccc(Oc3ccncc3)c(F)c1)C2.O=C1N(C2CCC(O)CC2)CC[C@]12CCCN(c1ccc(Oc3ccncc3)c(F)c1)C2. The molecule has 2 atom stereocenters. The second-order valence-electron chi connectivity index (χ2n) is 18.8. The van der Waals surface area contributed by atoms with Crippen LogP contribution in [0.15, 0.2) is 85.5 Å². The predicted octanol–water partition coefficient (Wildman–Crippen LogP) is 8.27. The number of carbonyl (C=O) groups excluding carboxylic acids is 2. The minimum atomic E-state index is -0.418. The number of likely N-dealkylation sites (tertiary alicyclic amines) is 2. The van der Waals surface area contributed by atoms with Crippen LogP contribution in [-0.2, 0) is 9.59 Å². The van der Waals surface area contributed by atoms with E-state index in [2.05, 4.69) is 29.6 Å².